The summed E-state index contributed by atoms with van der Waals surface area (Å²) < 4.78 is 13.0. The summed E-state index contributed by atoms with van der Waals surface area (Å²) in [4.78, 5) is 10.6. The Morgan fingerprint density at radius 2 is 1.53 bits per heavy atom. The molecule has 0 unspecified atom stereocenters. The third-order valence-corrected chi connectivity index (χ3v) is 3.00. The summed E-state index contributed by atoms with van der Waals surface area (Å²) in [5.41, 5.74) is 1.95. The minimum Gasteiger partial charge on any atom is -0.298 e. The quantitative estimate of drug-likeness (QED) is 0.727. The van der Waals surface area contributed by atoms with Crippen LogP contribution in [0.3, 0.4) is 0 Å². The van der Waals surface area contributed by atoms with Gasteiger partial charge in [-0.15, -0.1) is 0 Å². The highest BCUT2D eigenvalue weighted by Gasteiger charge is 2.05. The van der Waals surface area contributed by atoms with Crippen molar-refractivity contribution >= 4 is 29.5 Å². The number of benzene rings is 2. The van der Waals surface area contributed by atoms with Gasteiger partial charge in [0, 0.05) is 5.56 Å². The minimum atomic E-state index is -0.467. The highest BCUT2D eigenvalue weighted by Crippen LogP contribution is 2.28. The fourth-order valence-corrected chi connectivity index (χ4v) is 1.88. The molecule has 0 N–H and O–H groups in total. The van der Waals surface area contributed by atoms with Gasteiger partial charge in [0.05, 0.1) is 10.0 Å². The van der Waals surface area contributed by atoms with Gasteiger partial charge in [0.1, 0.15) is 5.82 Å². The zero-order valence-electron chi connectivity index (χ0n) is 8.58. The van der Waals surface area contributed by atoms with Crippen molar-refractivity contribution in [3.63, 3.8) is 0 Å². The van der Waals surface area contributed by atoms with Crippen molar-refractivity contribution in [3.05, 3.63) is 57.8 Å². The Morgan fingerprint density at radius 3 is 2.06 bits per heavy atom. The summed E-state index contributed by atoms with van der Waals surface area (Å²) in [5, 5.41) is 0.413. The first-order valence-electron chi connectivity index (χ1n) is 4.82. The minimum absolute atomic E-state index is 0.0538. The van der Waals surface area contributed by atoms with Crippen molar-refractivity contribution in [2.75, 3.05) is 0 Å². The lowest BCUT2D eigenvalue weighted by molar-refractivity contribution is 0.112. The molecule has 0 aromatic heterocycles. The predicted molar refractivity (Wildman–Crippen MR) is 67.2 cm³/mol. The molecule has 0 radical (unpaired) electrons. The van der Waals surface area contributed by atoms with E-state index >= 15 is 0 Å². The monoisotopic (exact) mass is 268 g/mol. The van der Waals surface area contributed by atoms with E-state index in [-0.39, 0.29) is 5.02 Å². The van der Waals surface area contributed by atoms with Crippen molar-refractivity contribution in [1.82, 2.24) is 0 Å². The maximum Gasteiger partial charge on any atom is 0.151 e. The molecule has 0 bridgehead atoms. The third-order valence-electron chi connectivity index (χ3n) is 2.38. The van der Waals surface area contributed by atoms with Crippen LogP contribution in [-0.2, 0) is 0 Å². The molecular weight excluding hydrogens is 262 g/mol. The Hall–Kier alpha value is -1.38. The lowest BCUT2D eigenvalue weighted by Crippen LogP contribution is -1.85. The molecule has 1 nitrogen and oxygen atoms in total. The Bertz CT molecular complexity index is 582. The van der Waals surface area contributed by atoms with E-state index < -0.39 is 5.82 Å². The van der Waals surface area contributed by atoms with Crippen LogP contribution in [0.25, 0.3) is 11.1 Å². The molecule has 86 valence electrons. The molecule has 0 saturated carbocycles. The van der Waals surface area contributed by atoms with Gasteiger partial charge in [0.25, 0.3) is 0 Å². The van der Waals surface area contributed by atoms with Crippen molar-refractivity contribution < 1.29 is 9.18 Å². The summed E-state index contributed by atoms with van der Waals surface area (Å²) in [6.45, 7) is 0. The largest absolute Gasteiger partial charge is 0.298 e. The normalized spacial score (nSPS) is 10.3. The molecule has 0 atom stereocenters. The first-order chi connectivity index (χ1) is 8.11. The van der Waals surface area contributed by atoms with Crippen LogP contribution in [0.2, 0.25) is 10.0 Å². The first kappa shape index (κ1) is 12.1. The Balaban J connectivity index is 2.49. The Kier molecular flexibility index (Phi) is 3.46. The van der Waals surface area contributed by atoms with Crippen LogP contribution < -0.4 is 0 Å². The molecule has 2 aromatic rings. The second-order valence-electron chi connectivity index (χ2n) is 3.48. The van der Waals surface area contributed by atoms with E-state index in [4.69, 9.17) is 23.2 Å². The van der Waals surface area contributed by atoms with E-state index in [1.54, 1.807) is 24.3 Å². The average molecular weight is 269 g/mol. The summed E-state index contributed by atoms with van der Waals surface area (Å²) >= 11 is 11.6. The molecule has 0 aliphatic rings. The Morgan fingerprint density at radius 1 is 0.941 bits per heavy atom. The maximum absolute atomic E-state index is 13.0. The molecule has 4 heteroatoms. The van der Waals surface area contributed by atoms with Crippen LogP contribution in [-0.4, -0.2) is 6.29 Å². The van der Waals surface area contributed by atoms with Crippen LogP contribution in [0.1, 0.15) is 10.4 Å². The molecule has 2 aromatic carbocycles. The van der Waals surface area contributed by atoms with Crippen molar-refractivity contribution in [1.29, 1.82) is 0 Å². The van der Waals surface area contributed by atoms with E-state index in [1.807, 2.05) is 0 Å². The highest BCUT2D eigenvalue weighted by molar-refractivity contribution is 6.33. The van der Waals surface area contributed by atoms with Crippen LogP contribution in [0.5, 0.6) is 0 Å². The summed E-state index contributed by atoms with van der Waals surface area (Å²) in [5.74, 6) is -0.467. The molecule has 0 fully saturated rings. The second-order valence-corrected chi connectivity index (χ2v) is 4.30. The summed E-state index contributed by atoms with van der Waals surface area (Å²) in [6, 6.07) is 9.41. The fourth-order valence-electron chi connectivity index (χ4n) is 1.48. The first-order valence-corrected chi connectivity index (χ1v) is 5.57. The number of hydrogen-bond acceptors (Lipinski definition) is 1. The van der Waals surface area contributed by atoms with Gasteiger partial charge in [-0.2, -0.15) is 0 Å². The molecule has 0 aliphatic carbocycles. The van der Waals surface area contributed by atoms with Gasteiger partial charge in [-0.1, -0.05) is 35.3 Å². The number of aldehydes is 1. The predicted octanol–water partition coefficient (Wildman–Crippen LogP) is 4.61. The number of carbonyl (C=O) groups excluding carboxylic acids is 1. The molecule has 0 spiro atoms. The van der Waals surface area contributed by atoms with E-state index in [9.17, 15) is 9.18 Å². The lowest BCUT2D eigenvalue weighted by atomic mass is 10.0. The molecule has 0 amide bonds. The summed E-state index contributed by atoms with van der Waals surface area (Å²) in [6.07, 6.45) is 0.684. The topological polar surface area (TPSA) is 17.1 Å². The molecular formula is C13H7Cl2FO. The van der Waals surface area contributed by atoms with Crippen LogP contribution in [0.15, 0.2) is 36.4 Å². The number of hydrogen-bond donors (Lipinski definition) is 0. The van der Waals surface area contributed by atoms with Gasteiger partial charge >= 0.3 is 0 Å². The van der Waals surface area contributed by atoms with E-state index in [0.717, 1.165) is 11.1 Å². The van der Waals surface area contributed by atoms with Gasteiger partial charge in [-0.25, -0.2) is 4.39 Å². The van der Waals surface area contributed by atoms with Gasteiger partial charge < -0.3 is 0 Å². The van der Waals surface area contributed by atoms with E-state index in [1.165, 1.54) is 12.1 Å². The van der Waals surface area contributed by atoms with Crippen LogP contribution >= 0.6 is 23.2 Å². The number of rotatable bonds is 2. The molecule has 0 aliphatic heterocycles. The zero-order valence-corrected chi connectivity index (χ0v) is 10.1. The highest BCUT2D eigenvalue weighted by atomic mass is 35.5. The van der Waals surface area contributed by atoms with Gasteiger partial charge in [-0.05, 0) is 35.4 Å². The number of carbonyl (C=O) groups is 1. The van der Waals surface area contributed by atoms with Crippen LogP contribution in [0.4, 0.5) is 4.39 Å². The van der Waals surface area contributed by atoms with Crippen molar-refractivity contribution in [2.24, 2.45) is 0 Å². The maximum atomic E-state index is 13.0. The summed E-state index contributed by atoms with van der Waals surface area (Å²) in [7, 11) is 0. The van der Waals surface area contributed by atoms with Crippen molar-refractivity contribution in [2.45, 2.75) is 0 Å². The molecule has 0 saturated heterocycles. The molecule has 0 heterocycles. The zero-order chi connectivity index (χ0) is 12.4. The van der Waals surface area contributed by atoms with Crippen LogP contribution in [0, 0.1) is 5.82 Å². The Labute approximate surface area is 108 Å². The smallest absolute Gasteiger partial charge is 0.151 e. The second kappa shape index (κ2) is 4.86. The van der Waals surface area contributed by atoms with Gasteiger partial charge in [-0.3, -0.25) is 4.79 Å². The van der Waals surface area contributed by atoms with Gasteiger partial charge in [0.15, 0.2) is 6.29 Å². The molecule has 17 heavy (non-hydrogen) atoms. The lowest BCUT2D eigenvalue weighted by Gasteiger charge is -2.04. The SMILES string of the molecule is O=Cc1ccc(-c2ccc(F)c(Cl)c2)cc1Cl. The van der Waals surface area contributed by atoms with E-state index in [0.29, 0.717) is 16.9 Å². The third kappa shape index (κ3) is 2.48. The number of halogens is 3. The molecule has 2 rings (SSSR count). The average Bonchev–Trinajstić information content (AvgIpc) is 2.32. The van der Waals surface area contributed by atoms with Gasteiger partial charge in [0.2, 0.25) is 0 Å². The van der Waals surface area contributed by atoms with Crippen molar-refractivity contribution in [3.8, 4) is 11.1 Å². The van der Waals surface area contributed by atoms with E-state index in [2.05, 4.69) is 0 Å². The standard InChI is InChI=1S/C13H7Cl2FO/c14-11-5-8(1-2-10(11)7-17)9-3-4-13(16)12(15)6-9/h1-7H. The fraction of sp³-hybridized carbons (Fsp3) is 0.